The van der Waals surface area contributed by atoms with Crippen LogP contribution in [0.1, 0.15) is 26.7 Å². The third-order valence-electron chi connectivity index (χ3n) is 4.06. The van der Waals surface area contributed by atoms with Crippen LogP contribution >= 0.6 is 0 Å². The summed E-state index contributed by atoms with van der Waals surface area (Å²) < 4.78 is 19.0. The van der Waals surface area contributed by atoms with Crippen LogP contribution in [-0.4, -0.2) is 42.9 Å². The largest absolute Gasteiger partial charge is 0.379 e. The van der Waals surface area contributed by atoms with E-state index in [1.807, 2.05) is 0 Å². The standard InChI is InChI=1S/C11H20FNO/c1-8(2)11-6-9(12)7-13(11)5-4-10(11)14-3/h8-10H,4-7H2,1-3H3/t9-,10-,11+/m1/s1. The number of halogens is 1. The molecule has 2 heterocycles. The quantitative estimate of drug-likeness (QED) is 0.676. The molecule has 0 aliphatic carbocycles. The van der Waals surface area contributed by atoms with Crippen LogP contribution in [0.3, 0.4) is 0 Å². The van der Waals surface area contributed by atoms with Gasteiger partial charge in [-0.1, -0.05) is 13.8 Å². The van der Waals surface area contributed by atoms with E-state index in [9.17, 15) is 4.39 Å². The van der Waals surface area contributed by atoms with Gasteiger partial charge in [0, 0.05) is 26.6 Å². The molecular weight excluding hydrogens is 181 g/mol. The lowest BCUT2D eigenvalue weighted by Crippen LogP contribution is -2.50. The number of methoxy groups -OCH3 is 1. The zero-order valence-electron chi connectivity index (χ0n) is 9.29. The molecule has 2 saturated heterocycles. The van der Waals surface area contributed by atoms with Crippen LogP contribution in [0.15, 0.2) is 0 Å². The Kier molecular flexibility index (Phi) is 2.56. The fraction of sp³-hybridized carbons (Fsp3) is 1.00. The molecule has 3 heteroatoms. The molecule has 2 nitrogen and oxygen atoms in total. The van der Waals surface area contributed by atoms with E-state index in [-0.39, 0.29) is 11.6 Å². The van der Waals surface area contributed by atoms with Crippen molar-refractivity contribution in [3.8, 4) is 0 Å². The molecule has 82 valence electrons. The topological polar surface area (TPSA) is 12.5 Å². The second-order valence-electron chi connectivity index (χ2n) is 4.91. The van der Waals surface area contributed by atoms with Gasteiger partial charge >= 0.3 is 0 Å². The molecule has 0 bridgehead atoms. The van der Waals surface area contributed by atoms with Gasteiger partial charge < -0.3 is 4.74 Å². The molecule has 2 aliphatic heterocycles. The number of hydrogen-bond acceptors (Lipinski definition) is 2. The molecule has 2 rings (SSSR count). The number of ether oxygens (including phenoxy) is 1. The first kappa shape index (κ1) is 10.4. The average molecular weight is 201 g/mol. The second kappa shape index (κ2) is 3.46. The summed E-state index contributed by atoms with van der Waals surface area (Å²) in [5, 5.41) is 0. The van der Waals surface area contributed by atoms with Gasteiger partial charge in [0.15, 0.2) is 0 Å². The summed E-state index contributed by atoms with van der Waals surface area (Å²) in [5.41, 5.74) is -0.0197. The van der Waals surface area contributed by atoms with E-state index < -0.39 is 6.17 Å². The third-order valence-corrected chi connectivity index (χ3v) is 4.06. The molecule has 0 saturated carbocycles. The van der Waals surface area contributed by atoms with Gasteiger partial charge in [-0.05, 0) is 12.3 Å². The van der Waals surface area contributed by atoms with E-state index in [2.05, 4.69) is 18.7 Å². The van der Waals surface area contributed by atoms with E-state index in [1.54, 1.807) is 7.11 Å². The van der Waals surface area contributed by atoms with Gasteiger partial charge in [-0.25, -0.2) is 4.39 Å². The molecule has 0 amide bonds. The molecule has 3 atom stereocenters. The molecule has 0 aromatic heterocycles. The van der Waals surface area contributed by atoms with Gasteiger partial charge in [0.05, 0.1) is 11.6 Å². The third kappa shape index (κ3) is 1.22. The van der Waals surface area contributed by atoms with Crippen molar-refractivity contribution in [1.82, 2.24) is 4.90 Å². The molecule has 14 heavy (non-hydrogen) atoms. The fourth-order valence-corrected chi connectivity index (χ4v) is 3.41. The summed E-state index contributed by atoms with van der Waals surface area (Å²) in [6, 6.07) is 0. The van der Waals surface area contributed by atoms with Crippen LogP contribution < -0.4 is 0 Å². The summed E-state index contributed by atoms with van der Waals surface area (Å²) in [7, 11) is 1.75. The maximum absolute atomic E-state index is 13.5. The molecule has 2 aliphatic rings. The van der Waals surface area contributed by atoms with Crippen molar-refractivity contribution in [2.24, 2.45) is 5.92 Å². The Balaban J connectivity index is 2.27. The van der Waals surface area contributed by atoms with Crippen molar-refractivity contribution < 1.29 is 9.13 Å². The predicted octanol–water partition coefficient (Wildman–Crippen LogP) is 1.84. The van der Waals surface area contributed by atoms with Crippen molar-refractivity contribution in [1.29, 1.82) is 0 Å². The monoisotopic (exact) mass is 201 g/mol. The summed E-state index contributed by atoms with van der Waals surface area (Å²) >= 11 is 0. The minimum atomic E-state index is -0.657. The lowest BCUT2D eigenvalue weighted by molar-refractivity contribution is -0.0122. The first-order chi connectivity index (χ1) is 6.61. The minimum Gasteiger partial charge on any atom is -0.379 e. The average Bonchev–Trinajstić information content (AvgIpc) is 2.59. The van der Waals surface area contributed by atoms with E-state index in [0.717, 1.165) is 13.0 Å². The maximum Gasteiger partial charge on any atom is 0.115 e. The summed E-state index contributed by atoms with van der Waals surface area (Å²) in [6.07, 6.45) is 1.28. The number of nitrogens with zero attached hydrogens (tertiary/aromatic N) is 1. The van der Waals surface area contributed by atoms with Crippen LogP contribution in [0.4, 0.5) is 4.39 Å². The van der Waals surface area contributed by atoms with Crippen LogP contribution in [0.2, 0.25) is 0 Å². The number of hydrogen-bond donors (Lipinski definition) is 0. The Morgan fingerprint density at radius 3 is 2.79 bits per heavy atom. The molecule has 0 aromatic carbocycles. The van der Waals surface area contributed by atoms with Crippen molar-refractivity contribution in [3.63, 3.8) is 0 Å². The molecule has 0 aromatic rings. The van der Waals surface area contributed by atoms with Crippen LogP contribution in [-0.2, 0) is 4.74 Å². The highest BCUT2D eigenvalue weighted by Gasteiger charge is 2.56. The number of fused-ring (bicyclic) bond motifs is 1. The second-order valence-corrected chi connectivity index (χ2v) is 4.91. The number of rotatable bonds is 2. The lowest BCUT2D eigenvalue weighted by atomic mass is 9.80. The smallest absolute Gasteiger partial charge is 0.115 e. The van der Waals surface area contributed by atoms with E-state index in [1.165, 1.54) is 0 Å². The highest BCUT2D eigenvalue weighted by molar-refractivity contribution is 5.10. The van der Waals surface area contributed by atoms with Gasteiger partial charge in [-0.2, -0.15) is 0 Å². The zero-order chi connectivity index (χ0) is 10.3. The van der Waals surface area contributed by atoms with E-state index in [4.69, 9.17) is 4.74 Å². The van der Waals surface area contributed by atoms with E-state index in [0.29, 0.717) is 18.9 Å². The number of alkyl halides is 1. The van der Waals surface area contributed by atoms with Gasteiger partial charge in [-0.3, -0.25) is 4.90 Å². The summed E-state index contributed by atoms with van der Waals surface area (Å²) in [4.78, 5) is 2.30. The highest BCUT2D eigenvalue weighted by Crippen LogP contribution is 2.46. The first-order valence-electron chi connectivity index (χ1n) is 5.53. The normalized spacial score (nSPS) is 43.5. The Morgan fingerprint density at radius 1 is 1.50 bits per heavy atom. The van der Waals surface area contributed by atoms with Crippen molar-refractivity contribution in [3.05, 3.63) is 0 Å². The van der Waals surface area contributed by atoms with Crippen molar-refractivity contribution in [2.45, 2.75) is 44.5 Å². The van der Waals surface area contributed by atoms with Gasteiger partial charge in [0.25, 0.3) is 0 Å². The van der Waals surface area contributed by atoms with Crippen LogP contribution in [0.25, 0.3) is 0 Å². The van der Waals surface area contributed by atoms with Gasteiger partial charge in [0.2, 0.25) is 0 Å². The van der Waals surface area contributed by atoms with Gasteiger partial charge in [-0.15, -0.1) is 0 Å². The molecule has 0 N–H and O–H groups in total. The summed E-state index contributed by atoms with van der Waals surface area (Å²) in [5.74, 6) is 0.468. The fourth-order valence-electron chi connectivity index (χ4n) is 3.41. The Bertz CT molecular complexity index is 217. The molecule has 2 fully saturated rings. The zero-order valence-corrected chi connectivity index (χ0v) is 9.29. The molecule has 0 unspecified atom stereocenters. The first-order valence-corrected chi connectivity index (χ1v) is 5.53. The maximum atomic E-state index is 13.5. The molecular formula is C11H20FNO. The van der Waals surface area contributed by atoms with Crippen LogP contribution in [0.5, 0.6) is 0 Å². The SMILES string of the molecule is CO[C@@H]1CCN2C[C@H](F)C[C@]12C(C)C. The van der Waals surface area contributed by atoms with Crippen molar-refractivity contribution in [2.75, 3.05) is 20.2 Å². The highest BCUT2D eigenvalue weighted by atomic mass is 19.1. The van der Waals surface area contributed by atoms with Crippen LogP contribution in [0, 0.1) is 5.92 Å². The lowest BCUT2D eigenvalue weighted by Gasteiger charge is -2.40. The summed E-state index contributed by atoms with van der Waals surface area (Å²) in [6.45, 7) is 5.97. The molecule has 0 spiro atoms. The minimum absolute atomic E-state index is 0.0197. The Labute approximate surface area is 85.4 Å². The van der Waals surface area contributed by atoms with Gasteiger partial charge in [0.1, 0.15) is 6.17 Å². The van der Waals surface area contributed by atoms with E-state index >= 15 is 0 Å². The van der Waals surface area contributed by atoms with Crippen molar-refractivity contribution >= 4 is 0 Å². The predicted molar refractivity (Wildman–Crippen MR) is 54.1 cm³/mol. The molecule has 0 radical (unpaired) electrons. The Morgan fingerprint density at radius 2 is 2.21 bits per heavy atom. The Hall–Kier alpha value is -0.150.